The van der Waals surface area contributed by atoms with E-state index in [2.05, 4.69) is 25.3 Å². The Kier molecular flexibility index (Phi) is 9.38. The van der Waals surface area contributed by atoms with Crippen molar-refractivity contribution in [3.05, 3.63) is 41.9 Å². The van der Waals surface area contributed by atoms with Crippen LogP contribution in [-0.2, 0) is 30.6 Å². The molecule has 1 aromatic heterocycles. The molecular weight excluding hydrogens is 692 g/mol. The summed E-state index contributed by atoms with van der Waals surface area (Å²) in [6, 6.07) is 0.441. The number of nitrogens with zero attached hydrogens (tertiary/aromatic N) is 3. The number of para-hydroxylation sites is 1. The lowest BCUT2D eigenvalue weighted by molar-refractivity contribution is -0.143. The molecule has 4 amide bonds. The van der Waals surface area contributed by atoms with Crippen molar-refractivity contribution < 1.29 is 55.0 Å². The number of ether oxygens (including phenoxy) is 1. The van der Waals surface area contributed by atoms with Crippen LogP contribution in [0.25, 0.3) is 11.0 Å². The summed E-state index contributed by atoms with van der Waals surface area (Å²) in [4.78, 5) is 61.3. The van der Waals surface area contributed by atoms with Crippen LogP contribution < -0.4 is 20.1 Å². The molecule has 1 aromatic carbocycles. The minimum atomic E-state index is -5.09. The van der Waals surface area contributed by atoms with Gasteiger partial charge in [-0.1, -0.05) is 31.1 Å². The fourth-order valence-electron chi connectivity index (χ4n) is 6.45. The van der Waals surface area contributed by atoms with E-state index in [1.165, 1.54) is 0 Å². The van der Waals surface area contributed by atoms with Gasteiger partial charge in [-0.15, -0.1) is 0 Å². The van der Waals surface area contributed by atoms with Crippen molar-refractivity contribution in [2.24, 2.45) is 5.92 Å². The van der Waals surface area contributed by atoms with Crippen LogP contribution in [0.15, 0.2) is 30.4 Å². The van der Waals surface area contributed by atoms with Crippen LogP contribution in [-0.4, -0.2) is 87.7 Å². The zero-order valence-electron chi connectivity index (χ0n) is 26.4. The molecule has 14 nitrogen and oxygen atoms in total. The van der Waals surface area contributed by atoms with Gasteiger partial charge in [0.2, 0.25) is 33.4 Å². The van der Waals surface area contributed by atoms with Gasteiger partial charge in [0.1, 0.15) is 29.2 Å². The summed E-state index contributed by atoms with van der Waals surface area (Å²) in [5, 5.41) is 13.5. The molecule has 19 heteroatoms. The molecule has 50 heavy (non-hydrogen) atoms. The first-order valence-electron chi connectivity index (χ1n) is 16.1. The lowest BCUT2D eigenvalue weighted by Crippen LogP contribution is -2.58. The molecular formula is C31H34F4N6O8S. The molecule has 0 spiro atoms. The van der Waals surface area contributed by atoms with E-state index >= 15 is 0 Å². The number of carboxylic acid groups (broad SMARTS) is 1. The highest BCUT2D eigenvalue weighted by Crippen LogP contribution is 2.46. The minimum absolute atomic E-state index is 0.0399. The third kappa shape index (κ3) is 7.32. The summed E-state index contributed by atoms with van der Waals surface area (Å²) in [6.07, 6.45) is -1.83. The number of carbonyl (C=O) groups excluding carboxylic acids is 3. The van der Waals surface area contributed by atoms with Crippen LogP contribution in [0.3, 0.4) is 0 Å². The molecule has 0 unspecified atom stereocenters. The summed E-state index contributed by atoms with van der Waals surface area (Å²) in [6.45, 7) is -0.512. The number of rotatable bonds is 6. The molecule has 6 rings (SSSR count). The Morgan fingerprint density at radius 1 is 1.10 bits per heavy atom. The summed E-state index contributed by atoms with van der Waals surface area (Å²) in [5.74, 6) is -5.42. The average Bonchev–Trinajstić information content (AvgIpc) is 3.96. The Hall–Kier alpha value is -4.55. The number of hydrogen-bond donors (Lipinski definition) is 4. The van der Waals surface area contributed by atoms with Gasteiger partial charge in [-0.05, 0) is 50.7 Å². The summed E-state index contributed by atoms with van der Waals surface area (Å²) < 4.78 is 89.8. The predicted octanol–water partition coefficient (Wildman–Crippen LogP) is 2.78. The first-order chi connectivity index (χ1) is 23.6. The highest BCUT2D eigenvalue weighted by atomic mass is 32.2. The molecule has 4 N–H and O–H groups in total. The molecule has 3 heterocycles. The lowest BCUT2D eigenvalue weighted by Gasteiger charge is -2.29. The van der Waals surface area contributed by atoms with E-state index < -0.39 is 111 Å². The van der Waals surface area contributed by atoms with Crippen molar-refractivity contribution in [3.63, 3.8) is 0 Å². The Bertz CT molecular complexity index is 1860. The Labute approximate surface area is 283 Å². The third-order valence-corrected chi connectivity index (χ3v) is 11.1. The lowest BCUT2D eigenvalue weighted by atomic mass is 10.1. The molecule has 2 aromatic rings. The van der Waals surface area contributed by atoms with Crippen LogP contribution in [0.1, 0.15) is 63.5 Å². The molecule has 270 valence electrons. The number of allylic oxidation sites excluding steroid dienone is 1. The Morgan fingerprint density at radius 3 is 2.56 bits per heavy atom. The van der Waals surface area contributed by atoms with Crippen molar-refractivity contribution in [2.75, 3.05) is 6.54 Å². The van der Waals surface area contributed by atoms with Gasteiger partial charge in [0, 0.05) is 12.3 Å². The number of benzene rings is 1. The van der Waals surface area contributed by atoms with E-state index in [0.717, 1.165) is 23.1 Å². The second-order valence-corrected chi connectivity index (χ2v) is 14.9. The molecule has 3 fully saturated rings. The van der Waals surface area contributed by atoms with E-state index in [0.29, 0.717) is 38.5 Å². The maximum atomic E-state index is 14.5. The number of alkyl halides is 3. The van der Waals surface area contributed by atoms with Gasteiger partial charge in [0.05, 0.1) is 17.3 Å². The van der Waals surface area contributed by atoms with Gasteiger partial charge in [-0.25, -0.2) is 27.6 Å². The van der Waals surface area contributed by atoms with Crippen molar-refractivity contribution in [3.8, 4) is 5.88 Å². The van der Waals surface area contributed by atoms with Crippen LogP contribution in [0.5, 0.6) is 5.88 Å². The maximum Gasteiger partial charge on any atom is 0.438 e. The largest absolute Gasteiger partial charge is 0.471 e. The summed E-state index contributed by atoms with van der Waals surface area (Å²) in [5.41, 5.74) is -4.17. The zero-order valence-corrected chi connectivity index (χ0v) is 27.2. The van der Waals surface area contributed by atoms with Gasteiger partial charge in [-0.2, -0.15) is 13.2 Å². The van der Waals surface area contributed by atoms with Gasteiger partial charge < -0.3 is 25.4 Å². The van der Waals surface area contributed by atoms with Gasteiger partial charge in [0.25, 0.3) is 5.91 Å². The molecule has 2 aliphatic carbocycles. The van der Waals surface area contributed by atoms with Gasteiger partial charge in [0.15, 0.2) is 5.82 Å². The average molecular weight is 727 g/mol. The molecule has 0 bridgehead atoms. The van der Waals surface area contributed by atoms with Crippen LogP contribution in [0, 0.1) is 11.7 Å². The third-order valence-electron chi connectivity index (χ3n) is 9.30. The molecule has 2 aliphatic heterocycles. The molecule has 5 atom stereocenters. The zero-order chi connectivity index (χ0) is 36.0. The molecule has 1 saturated heterocycles. The number of hydrogen-bond acceptors (Lipinski definition) is 9. The number of nitrogens with one attached hydrogen (secondary N) is 3. The first-order valence-corrected chi connectivity index (χ1v) is 17.7. The van der Waals surface area contributed by atoms with E-state index in [1.54, 1.807) is 12.2 Å². The number of carbonyl (C=O) groups is 4. The standard InChI is InChI=1S/C31H34F4N6O8S/c32-19-8-6-10-20-23(19)38-26(24(36-20)31(33,34)35)49-17-13-22-25(42)39-30(28(44)40-50(47,48)18-11-12-18)14-16(30)7-4-2-1-3-5-9-21(37-29(45)46)27(43)41(22)15-17/h4,6-8,10,16-18,21-22,37H,1-3,5,9,11-15H2,(H,39,42)(H,40,44)(H,45,46)/b7-4-/t16-,17-,21+,22+,30-/m1/s1. The van der Waals surface area contributed by atoms with Crippen molar-refractivity contribution in [1.82, 2.24) is 30.2 Å². The minimum Gasteiger partial charge on any atom is -0.471 e. The topological polar surface area (TPSA) is 197 Å². The Balaban J connectivity index is 1.34. The van der Waals surface area contributed by atoms with Crippen molar-refractivity contribution in [2.45, 2.75) is 92.9 Å². The first kappa shape index (κ1) is 35.3. The van der Waals surface area contributed by atoms with E-state index in [-0.39, 0.29) is 18.4 Å². The second-order valence-electron chi connectivity index (χ2n) is 13.0. The quantitative estimate of drug-likeness (QED) is 0.254. The van der Waals surface area contributed by atoms with Gasteiger partial charge in [-0.3, -0.25) is 19.1 Å². The smallest absolute Gasteiger partial charge is 0.438 e. The van der Waals surface area contributed by atoms with Crippen LogP contribution in [0.4, 0.5) is 22.4 Å². The summed E-state index contributed by atoms with van der Waals surface area (Å²) in [7, 11) is -4.01. The SMILES string of the molecule is O=C(O)N[C@H]1CCCCC/C=C\[C@@H]2C[C@@]2(C(=O)NS(=O)(=O)C2CC2)NC(=O)[C@@H]2C[C@@H](Oc3nc4c(F)cccc4nc3C(F)(F)F)CN2C1=O. The monoisotopic (exact) mass is 726 g/mol. The van der Waals surface area contributed by atoms with Crippen molar-refractivity contribution >= 4 is 44.9 Å². The number of halogens is 4. The molecule has 2 saturated carbocycles. The van der Waals surface area contributed by atoms with E-state index in [4.69, 9.17) is 4.74 Å². The normalized spacial score (nSPS) is 28.4. The van der Waals surface area contributed by atoms with Crippen molar-refractivity contribution in [1.29, 1.82) is 0 Å². The van der Waals surface area contributed by atoms with E-state index in [1.807, 2.05) is 0 Å². The second kappa shape index (κ2) is 13.3. The fourth-order valence-corrected chi connectivity index (χ4v) is 7.81. The molecule has 4 aliphatic rings. The highest BCUT2D eigenvalue weighted by Gasteiger charge is 2.62. The number of aromatic nitrogens is 2. The van der Waals surface area contributed by atoms with Crippen LogP contribution in [0.2, 0.25) is 0 Å². The highest BCUT2D eigenvalue weighted by molar-refractivity contribution is 7.91. The molecule has 0 radical (unpaired) electrons. The maximum absolute atomic E-state index is 14.5. The van der Waals surface area contributed by atoms with Gasteiger partial charge >= 0.3 is 12.3 Å². The predicted molar refractivity (Wildman–Crippen MR) is 165 cm³/mol. The Morgan fingerprint density at radius 2 is 1.86 bits per heavy atom. The van der Waals surface area contributed by atoms with Crippen LogP contribution >= 0.6 is 0 Å². The number of amides is 4. The fraction of sp³-hybridized carbons (Fsp3) is 0.548. The summed E-state index contributed by atoms with van der Waals surface area (Å²) >= 11 is 0. The number of fused-ring (bicyclic) bond motifs is 3. The van der Waals surface area contributed by atoms with E-state index in [9.17, 15) is 50.3 Å². The number of sulfonamides is 1.